The number of benzene rings is 2. The third-order valence-electron chi connectivity index (χ3n) is 10.9. The van der Waals surface area contributed by atoms with Crippen LogP contribution < -0.4 is 0 Å². The Hall–Kier alpha value is -3.28. The fourth-order valence-electron chi connectivity index (χ4n) is 7.86. The summed E-state index contributed by atoms with van der Waals surface area (Å²) in [7, 11) is -7.79. The molecule has 23 heteroatoms. The summed E-state index contributed by atoms with van der Waals surface area (Å²) in [6, 6.07) is 3.80. The zero-order valence-electron chi connectivity index (χ0n) is 33.8. The van der Waals surface area contributed by atoms with Crippen molar-refractivity contribution in [2.24, 2.45) is 0 Å². The van der Waals surface area contributed by atoms with E-state index >= 15 is 0 Å². The molecule has 4 heterocycles. The van der Waals surface area contributed by atoms with Crippen molar-refractivity contribution in [2.45, 2.75) is 108 Å². The molecule has 0 bridgehead atoms. The summed E-state index contributed by atoms with van der Waals surface area (Å²) in [5.41, 5.74) is 1.16. The standard InChI is InChI=1S/C21H29Cl2N3O6S.C17H21F3N2O5S/c1-21(2,3)32-20(28)25-7-4-5-18(25)19(26(29)13-27)12-33(30,31)24-8-6-14-9-16(22)17(23)10-15(14)11-24;18-17(19,20)14-4-3-13-9-21(6-5-12(13)8-14)28(25,26)10-15(22(24)11-23)16-2-1-7-27-16/h9-10,13,18-19,29H,4-8,11-12H2,1-3H3;3-4,8,11,15-16,24H,1-2,5-7,9-10H2/t;15?,16-/m.1/s1. The van der Waals surface area contributed by atoms with Gasteiger partial charge in [-0.1, -0.05) is 29.3 Å². The maximum atomic E-state index is 13.3. The van der Waals surface area contributed by atoms with Gasteiger partial charge in [0.2, 0.25) is 32.9 Å². The Labute approximate surface area is 363 Å². The summed E-state index contributed by atoms with van der Waals surface area (Å²) in [6.07, 6.45) is -2.47. The molecule has 61 heavy (non-hydrogen) atoms. The van der Waals surface area contributed by atoms with Crippen LogP contribution in [0.1, 0.15) is 74.3 Å². The lowest BCUT2D eigenvalue weighted by atomic mass is 9.98. The molecule has 0 spiro atoms. The number of nitrogens with zero attached hydrogens (tertiary/aromatic N) is 5. The zero-order valence-corrected chi connectivity index (χ0v) is 36.9. The molecule has 340 valence electrons. The molecular formula is C38H50Cl2F3N5O11S2. The highest BCUT2D eigenvalue weighted by Gasteiger charge is 2.43. The average molecular weight is 945 g/mol. The van der Waals surface area contributed by atoms with E-state index in [-0.39, 0.29) is 45.4 Å². The second kappa shape index (κ2) is 19.6. The molecule has 16 nitrogen and oxygen atoms in total. The van der Waals surface area contributed by atoms with Gasteiger partial charge in [-0.25, -0.2) is 31.8 Å². The van der Waals surface area contributed by atoms with Crippen LogP contribution in [0.5, 0.6) is 0 Å². The van der Waals surface area contributed by atoms with Crippen LogP contribution in [-0.2, 0) is 71.2 Å². The predicted molar refractivity (Wildman–Crippen MR) is 216 cm³/mol. The van der Waals surface area contributed by atoms with Gasteiger partial charge in [0, 0.05) is 39.3 Å². The third-order valence-corrected chi connectivity index (χ3v) is 15.4. The molecule has 6 rings (SSSR count). The van der Waals surface area contributed by atoms with Gasteiger partial charge in [-0.3, -0.25) is 20.0 Å². The van der Waals surface area contributed by atoms with E-state index in [2.05, 4.69) is 0 Å². The topological polar surface area (TPSA) is 195 Å². The number of alkyl halides is 3. The fraction of sp³-hybridized carbons (Fsp3) is 0.605. The quantitative estimate of drug-likeness (QED) is 0.164. The van der Waals surface area contributed by atoms with E-state index < -0.39 is 79.2 Å². The third kappa shape index (κ3) is 12.3. The van der Waals surface area contributed by atoms with Crippen molar-refractivity contribution >= 4 is 62.2 Å². The van der Waals surface area contributed by atoms with Crippen molar-refractivity contribution in [1.82, 2.24) is 23.6 Å². The van der Waals surface area contributed by atoms with E-state index in [0.717, 1.165) is 23.3 Å². The lowest BCUT2D eigenvalue weighted by molar-refractivity contribution is -0.168. The summed E-state index contributed by atoms with van der Waals surface area (Å²) >= 11 is 12.2. The molecule has 0 aromatic heterocycles. The molecule has 4 aliphatic rings. The largest absolute Gasteiger partial charge is 0.444 e. The Morgan fingerprint density at radius 1 is 0.836 bits per heavy atom. The maximum Gasteiger partial charge on any atom is 0.416 e. The van der Waals surface area contributed by atoms with Gasteiger partial charge in [0.1, 0.15) is 11.6 Å². The highest BCUT2D eigenvalue weighted by Crippen LogP contribution is 2.34. The van der Waals surface area contributed by atoms with E-state index in [1.54, 1.807) is 32.9 Å². The minimum atomic E-state index is -4.45. The first kappa shape index (κ1) is 48.7. The number of hydrogen-bond acceptors (Lipinski definition) is 11. The number of rotatable bonds is 12. The Morgan fingerprint density at radius 2 is 1.38 bits per heavy atom. The molecule has 0 radical (unpaired) electrons. The number of carbonyl (C=O) groups excluding carboxylic acids is 3. The predicted octanol–water partition coefficient (Wildman–Crippen LogP) is 5.09. The Balaban J connectivity index is 0.000000234. The average Bonchev–Trinajstić information content (AvgIpc) is 3.91. The van der Waals surface area contributed by atoms with Crippen LogP contribution in [0.3, 0.4) is 0 Å². The molecule has 2 saturated heterocycles. The summed E-state index contributed by atoms with van der Waals surface area (Å²) in [4.78, 5) is 36.4. The summed E-state index contributed by atoms with van der Waals surface area (Å²) in [5, 5.41) is 21.5. The number of likely N-dealkylation sites (tertiary alicyclic amines) is 1. The van der Waals surface area contributed by atoms with Gasteiger partial charge in [0.05, 0.1) is 45.3 Å². The van der Waals surface area contributed by atoms with Crippen molar-refractivity contribution in [1.29, 1.82) is 0 Å². The number of fused-ring (bicyclic) bond motifs is 2. The monoisotopic (exact) mass is 943 g/mol. The van der Waals surface area contributed by atoms with Gasteiger partial charge < -0.3 is 14.4 Å². The van der Waals surface area contributed by atoms with Crippen LogP contribution in [0.4, 0.5) is 18.0 Å². The number of amides is 3. The number of sulfonamides is 2. The maximum absolute atomic E-state index is 13.3. The highest BCUT2D eigenvalue weighted by atomic mass is 35.5. The molecule has 2 aromatic carbocycles. The van der Waals surface area contributed by atoms with E-state index in [1.807, 2.05) is 0 Å². The molecule has 4 aliphatic heterocycles. The second-order valence-corrected chi connectivity index (χ2v) is 21.1. The number of halogens is 5. The summed E-state index contributed by atoms with van der Waals surface area (Å²) in [5.74, 6) is -1.06. The first-order valence-corrected chi connectivity index (χ1v) is 23.5. The number of carbonyl (C=O) groups is 3. The molecule has 4 atom stereocenters. The van der Waals surface area contributed by atoms with E-state index in [9.17, 15) is 54.8 Å². The van der Waals surface area contributed by atoms with Gasteiger partial charge >= 0.3 is 12.3 Å². The highest BCUT2D eigenvalue weighted by molar-refractivity contribution is 7.89. The summed E-state index contributed by atoms with van der Waals surface area (Å²) in [6.45, 7) is 6.27. The lowest BCUT2D eigenvalue weighted by Gasteiger charge is -2.36. The molecule has 2 aromatic rings. The van der Waals surface area contributed by atoms with Gasteiger partial charge in [-0.15, -0.1) is 0 Å². The van der Waals surface area contributed by atoms with Crippen molar-refractivity contribution in [3.05, 3.63) is 68.2 Å². The molecule has 2 fully saturated rings. The second-order valence-electron chi connectivity index (χ2n) is 16.3. The van der Waals surface area contributed by atoms with Crippen molar-refractivity contribution in [3.63, 3.8) is 0 Å². The number of hydrogen-bond donors (Lipinski definition) is 2. The summed E-state index contributed by atoms with van der Waals surface area (Å²) < 4.78 is 104. The lowest BCUT2D eigenvalue weighted by Crippen LogP contribution is -2.55. The van der Waals surface area contributed by atoms with Crippen molar-refractivity contribution in [3.8, 4) is 0 Å². The fourth-order valence-corrected chi connectivity index (χ4v) is 11.7. The Kier molecular flexibility index (Phi) is 15.7. The van der Waals surface area contributed by atoms with Gasteiger partial charge in [-0.05, 0) is 106 Å². The SMILES string of the molecule is CC(C)(C)OC(=O)N1CCCC1C(CS(=O)(=O)N1CCc2cc(Cl)c(Cl)cc2C1)N(O)C=O.O=CN(O)C(CS(=O)(=O)N1CCc2cc(C(F)(F)F)ccc2C1)[C@H]1CCCO1. The number of ether oxygens (including phenoxy) is 2. The first-order chi connectivity index (χ1) is 28.4. The molecule has 3 amide bonds. The smallest absolute Gasteiger partial charge is 0.416 e. The molecular weight excluding hydrogens is 894 g/mol. The van der Waals surface area contributed by atoms with Crippen LogP contribution >= 0.6 is 23.2 Å². The molecule has 0 saturated carbocycles. The van der Waals surface area contributed by atoms with Gasteiger partial charge in [-0.2, -0.15) is 21.8 Å². The van der Waals surface area contributed by atoms with Crippen molar-refractivity contribution < 1.29 is 64.3 Å². The first-order valence-electron chi connectivity index (χ1n) is 19.5. The van der Waals surface area contributed by atoms with E-state index in [4.69, 9.17) is 32.7 Å². The molecule has 0 aliphatic carbocycles. The van der Waals surface area contributed by atoms with Crippen LogP contribution in [-0.4, -0.2) is 137 Å². The minimum absolute atomic E-state index is 0.0292. The zero-order chi connectivity index (χ0) is 45.1. The van der Waals surface area contributed by atoms with Gasteiger partial charge in [0.15, 0.2) is 0 Å². The van der Waals surface area contributed by atoms with Crippen LogP contribution in [0.15, 0.2) is 30.3 Å². The van der Waals surface area contributed by atoms with Gasteiger partial charge in [0.25, 0.3) is 0 Å². The molecule has 2 N–H and O–H groups in total. The van der Waals surface area contributed by atoms with Crippen molar-refractivity contribution in [2.75, 3.05) is 37.7 Å². The Morgan fingerprint density at radius 3 is 1.92 bits per heavy atom. The number of hydroxylamine groups is 4. The Bertz CT molecular complexity index is 2140. The van der Waals surface area contributed by atoms with Crippen LogP contribution in [0.25, 0.3) is 0 Å². The normalized spacial score (nSPS) is 21.0. The van der Waals surface area contributed by atoms with Crippen LogP contribution in [0.2, 0.25) is 10.0 Å². The van der Waals surface area contributed by atoms with E-state index in [0.29, 0.717) is 76.6 Å². The molecule has 3 unspecified atom stereocenters. The van der Waals surface area contributed by atoms with Crippen LogP contribution in [0, 0.1) is 0 Å². The van der Waals surface area contributed by atoms with E-state index in [1.165, 1.54) is 19.6 Å². The minimum Gasteiger partial charge on any atom is -0.444 e.